The molecule has 0 bridgehead atoms. The van der Waals surface area contributed by atoms with Crippen molar-refractivity contribution in [1.29, 1.82) is 0 Å². The van der Waals surface area contributed by atoms with Gasteiger partial charge in [0.2, 0.25) is 0 Å². The topological polar surface area (TPSA) is 21.3 Å². The highest BCUT2D eigenvalue weighted by atomic mass is 127. The highest BCUT2D eigenvalue weighted by molar-refractivity contribution is 14.1. The maximum atomic E-state index is 5.18. The first-order valence-electron chi connectivity index (χ1n) is 4.32. The third kappa shape index (κ3) is 1.99. The molecule has 2 aromatic carbocycles. The maximum Gasteiger partial charge on any atom is 0.148 e. The molecule has 0 saturated heterocycles. The van der Waals surface area contributed by atoms with Crippen molar-refractivity contribution in [1.82, 2.24) is 3.69 Å². The van der Waals surface area contributed by atoms with Crippen LogP contribution in [0.2, 0.25) is 0 Å². The van der Waals surface area contributed by atoms with Gasteiger partial charge < -0.3 is 4.84 Å². The molecule has 0 aliphatic rings. The second-order valence-electron chi connectivity index (χ2n) is 3.19. The van der Waals surface area contributed by atoms with Crippen LogP contribution in [0.4, 0.5) is 0 Å². The Kier molecular flexibility index (Phi) is 2.88. The summed E-state index contributed by atoms with van der Waals surface area (Å²) in [6, 6.07) is 12.4. The normalized spacial score (nSPS) is 10.4. The minimum Gasteiger partial charge on any atom is -0.399 e. The smallest absolute Gasteiger partial charge is 0.148 e. The first kappa shape index (κ1) is 9.73. The second-order valence-corrected chi connectivity index (χ2v) is 3.63. The summed E-state index contributed by atoms with van der Waals surface area (Å²) >= 11 is 1.95. The molecule has 0 saturated carbocycles. The van der Waals surface area contributed by atoms with Crippen molar-refractivity contribution in [3.05, 3.63) is 42.0 Å². The standard InChI is InChI=1S/C11H10INO/c1-8-2-3-10-7-11(14-13-12)5-4-9(10)6-8/h2-7,13H,1H3. The summed E-state index contributed by atoms with van der Waals surface area (Å²) in [5, 5.41) is 2.44. The van der Waals surface area contributed by atoms with Crippen molar-refractivity contribution in [2.24, 2.45) is 0 Å². The van der Waals surface area contributed by atoms with Gasteiger partial charge in [0, 0.05) is 0 Å². The molecule has 3 heteroatoms. The van der Waals surface area contributed by atoms with Gasteiger partial charge in [-0.25, -0.2) is 0 Å². The van der Waals surface area contributed by atoms with Crippen molar-refractivity contribution >= 4 is 33.6 Å². The summed E-state index contributed by atoms with van der Waals surface area (Å²) in [5.74, 6) is 0.829. The zero-order chi connectivity index (χ0) is 9.97. The van der Waals surface area contributed by atoms with Crippen LogP contribution in [-0.2, 0) is 0 Å². The number of benzene rings is 2. The quantitative estimate of drug-likeness (QED) is 0.521. The number of halogens is 1. The highest BCUT2D eigenvalue weighted by Crippen LogP contribution is 2.21. The van der Waals surface area contributed by atoms with Gasteiger partial charge in [0.25, 0.3) is 0 Å². The molecule has 0 fully saturated rings. The van der Waals surface area contributed by atoms with E-state index in [0.717, 1.165) is 5.75 Å². The van der Waals surface area contributed by atoms with Gasteiger partial charge in [-0.3, -0.25) is 0 Å². The number of nitrogens with one attached hydrogen (secondary N) is 1. The van der Waals surface area contributed by atoms with Crippen LogP contribution in [-0.4, -0.2) is 0 Å². The number of hydrogen-bond donors (Lipinski definition) is 1. The SMILES string of the molecule is Cc1ccc2cc(ONI)ccc2c1. The number of rotatable bonds is 2. The van der Waals surface area contributed by atoms with E-state index < -0.39 is 0 Å². The predicted molar refractivity (Wildman–Crippen MR) is 66.5 cm³/mol. The fourth-order valence-corrected chi connectivity index (χ4v) is 1.71. The summed E-state index contributed by atoms with van der Waals surface area (Å²) in [7, 11) is 0. The summed E-state index contributed by atoms with van der Waals surface area (Å²) in [5.41, 5.74) is 1.28. The minimum absolute atomic E-state index is 0.829. The molecular weight excluding hydrogens is 289 g/mol. The van der Waals surface area contributed by atoms with Crippen LogP contribution < -0.4 is 8.53 Å². The molecule has 0 amide bonds. The molecular formula is C11H10INO. The van der Waals surface area contributed by atoms with Crippen molar-refractivity contribution in [2.75, 3.05) is 0 Å². The van der Waals surface area contributed by atoms with Crippen molar-refractivity contribution in [3.63, 3.8) is 0 Å². The third-order valence-corrected chi connectivity index (χ3v) is 2.34. The Morgan fingerprint density at radius 1 is 1.07 bits per heavy atom. The van der Waals surface area contributed by atoms with E-state index in [1.807, 2.05) is 35.0 Å². The highest BCUT2D eigenvalue weighted by Gasteiger charge is 1.97. The lowest BCUT2D eigenvalue weighted by atomic mass is 10.1. The molecule has 1 N–H and O–H groups in total. The predicted octanol–water partition coefficient (Wildman–Crippen LogP) is 3.38. The fourth-order valence-electron chi connectivity index (χ4n) is 1.45. The lowest BCUT2D eigenvalue weighted by Gasteiger charge is -2.03. The van der Waals surface area contributed by atoms with E-state index in [4.69, 9.17) is 4.84 Å². The summed E-state index contributed by atoms with van der Waals surface area (Å²) in [6.07, 6.45) is 0. The van der Waals surface area contributed by atoms with Gasteiger partial charge >= 0.3 is 0 Å². The molecule has 0 aliphatic heterocycles. The summed E-state index contributed by atoms with van der Waals surface area (Å²) < 4.78 is 2.63. The second kappa shape index (κ2) is 4.14. The Bertz CT molecular complexity index is 456. The monoisotopic (exact) mass is 299 g/mol. The minimum atomic E-state index is 0.829. The zero-order valence-corrected chi connectivity index (χ0v) is 9.91. The number of hydrogen-bond acceptors (Lipinski definition) is 2. The molecule has 14 heavy (non-hydrogen) atoms. The van der Waals surface area contributed by atoms with E-state index in [1.165, 1.54) is 16.3 Å². The molecule has 0 radical (unpaired) electrons. The van der Waals surface area contributed by atoms with Gasteiger partial charge in [-0.2, -0.15) is 0 Å². The van der Waals surface area contributed by atoms with E-state index in [0.29, 0.717) is 0 Å². The lowest BCUT2D eigenvalue weighted by Crippen LogP contribution is -2.02. The van der Waals surface area contributed by atoms with Crippen LogP contribution in [0.5, 0.6) is 5.75 Å². The summed E-state index contributed by atoms with van der Waals surface area (Å²) in [6.45, 7) is 2.09. The molecule has 0 spiro atoms. The fraction of sp³-hybridized carbons (Fsp3) is 0.0909. The average molecular weight is 299 g/mol. The van der Waals surface area contributed by atoms with Crippen LogP contribution in [0.25, 0.3) is 10.8 Å². The van der Waals surface area contributed by atoms with Gasteiger partial charge in [-0.1, -0.05) is 33.5 Å². The Labute approximate surface area is 96.7 Å². The molecule has 0 aliphatic carbocycles. The number of fused-ring (bicyclic) bond motifs is 1. The lowest BCUT2D eigenvalue weighted by molar-refractivity contribution is 0.302. The Morgan fingerprint density at radius 2 is 1.79 bits per heavy atom. The first-order valence-corrected chi connectivity index (χ1v) is 5.40. The van der Waals surface area contributed by atoms with E-state index in [9.17, 15) is 0 Å². The van der Waals surface area contributed by atoms with Crippen LogP contribution in [0.15, 0.2) is 36.4 Å². The Hall–Kier alpha value is -0.810. The van der Waals surface area contributed by atoms with E-state index >= 15 is 0 Å². The molecule has 72 valence electrons. The molecule has 0 unspecified atom stereocenters. The van der Waals surface area contributed by atoms with E-state index in [2.05, 4.69) is 34.9 Å². The maximum absolute atomic E-state index is 5.18. The van der Waals surface area contributed by atoms with Crippen molar-refractivity contribution in [2.45, 2.75) is 6.92 Å². The zero-order valence-electron chi connectivity index (χ0n) is 7.75. The molecule has 2 rings (SSSR count). The third-order valence-electron chi connectivity index (χ3n) is 2.12. The van der Waals surface area contributed by atoms with Gasteiger partial charge in [0.05, 0.1) is 22.9 Å². The van der Waals surface area contributed by atoms with E-state index in [1.54, 1.807) is 0 Å². The Morgan fingerprint density at radius 3 is 2.57 bits per heavy atom. The summed E-state index contributed by atoms with van der Waals surface area (Å²) in [4.78, 5) is 5.18. The molecule has 0 atom stereocenters. The first-order chi connectivity index (χ1) is 6.79. The van der Waals surface area contributed by atoms with Gasteiger partial charge in [-0.15, -0.1) is 0 Å². The van der Waals surface area contributed by atoms with Crippen molar-refractivity contribution in [3.8, 4) is 5.75 Å². The average Bonchev–Trinajstić information content (AvgIpc) is 2.19. The van der Waals surface area contributed by atoms with Crippen LogP contribution >= 0.6 is 22.9 Å². The van der Waals surface area contributed by atoms with Crippen LogP contribution in [0.3, 0.4) is 0 Å². The molecule has 0 heterocycles. The molecule has 0 aromatic heterocycles. The van der Waals surface area contributed by atoms with Gasteiger partial charge in [-0.05, 0) is 29.8 Å². The van der Waals surface area contributed by atoms with E-state index in [-0.39, 0.29) is 0 Å². The largest absolute Gasteiger partial charge is 0.399 e. The number of aryl methyl sites for hydroxylation is 1. The van der Waals surface area contributed by atoms with Crippen molar-refractivity contribution < 1.29 is 4.84 Å². The Balaban J connectivity index is 2.50. The molecule has 2 nitrogen and oxygen atoms in total. The molecule has 2 aromatic rings. The van der Waals surface area contributed by atoms with Gasteiger partial charge in [0.15, 0.2) is 0 Å². The van der Waals surface area contributed by atoms with Gasteiger partial charge in [0.1, 0.15) is 5.75 Å². The van der Waals surface area contributed by atoms with Crippen LogP contribution in [0, 0.1) is 6.92 Å². The van der Waals surface area contributed by atoms with Crippen LogP contribution in [0.1, 0.15) is 5.56 Å².